The number of likely N-dealkylation sites (N-methyl/N-ethyl adjacent to an activating group) is 1. The molecule has 1 saturated heterocycles. The summed E-state index contributed by atoms with van der Waals surface area (Å²) in [5.74, 6) is 2.77. The molecule has 2 aliphatic heterocycles. The van der Waals surface area contributed by atoms with Crippen molar-refractivity contribution in [2.75, 3.05) is 48.5 Å². The van der Waals surface area contributed by atoms with Crippen LogP contribution >= 0.6 is 11.6 Å². The fraction of sp³-hybridized carbons (Fsp3) is 0.226. The second kappa shape index (κ2) is 12.8. The molecule has 1 atom stereocenters. The minimum Gasteiger partial charge on any atom is -0.478 e. The number of halogens is 2. The third-order valence-electron chi connectivity index (χ3n) is 7.84. The number of amides is 3. The van der Waals surface area contributed by atoms with Gasteiger partial charge in [0.2, 0.25) is 5.91 Å². The molecule has 2 aliphatic rings. The number of nitrogens with zero attached hydrogens (tertiary/aromatic N) is 4. The Balaban J connectivity index is 1.50. The van der Waals surface area contributed by atoms with Gasteiger partial charge in [0.1, 0.15) is 11.7 Å². The number of aromatic carboxylic acids is 1. The number of carbonyl (C=O) groups is 4. The van der Waals surface area contributed by atoms with E-state index in [0.717, 1.165) is 22.5 Å². The maximum Gasteiger partial charge on any atom is 0.335 e. The van der Waals surface area contributed by atoms with Crippen LogP contribution in [0.15, 0.2) is 72.6 Å². The predicted molar refractivity (Wildman–Crippen MR) is 167 cm³/mol. The number of rotatable bonds is 7. The molecule has 45 heavy (non-hydrogen) atoms. The number of carbonyl (C=O) groups excluding carboxylic acids is 3. The molecule has 0 spiro atoms. The first kappa shape index (κ1) is 31.3. The first-order valence-corrected chi connectivity index (χ1v) is 14.3. The molecule has 0 aliphatic carbocycles. The summed E-state index contributed by atoms with van der Waals surface area (Å²) in [4.78, 5) is 56.4. The van der Waals surface area contributed by atoms with E-state index in [1.165, 1.54) is 47.4 Å². The van der Waals surface area contributed by atoms with Gasteiger partial charge in [-0.15, -0.1) is 0 Å². The van der Waals surface area contributed by atoms with Gasteiger partial charge < -0.3 is 30.9 Å². The molecular weight excluding hydrogens is 605 g/mol. The van der Waals surface area contributed by atoms with Gasteiger partial charge in [-0.1, -0.05) is 29.8 Å². The molecule has 14 heteroatoms. The van der Waals surface area contributed by atoms with Crippen LogP contribution in [-0.2, 0) is 20.8 Å². The van der Waals surface area contributed by atoms with Crippen molar-refractivity contribution in [1.29, 1.82) is 0 Å². The summed E-state index contributed by atoms with van der Waals surface area (Å²) >= 11 is 5.87. The van der Waals surface area contributed by atoms with E-state index < -0.39 is 29.6 Å². The number of benzene rings is 3. The van der Waals surface area contributed by atoms with Crippen molar-refractivity contribution in [1.82, 2.24) is 9.80 Å². The first-order chi connectivity index (χ1) is 21.5. The Hall–Kier alpha value is -5.14. The van der Waals surface area contributed by atoms with Gasteiger partial charge >= 0.3 is 5.97 Å². The molecule has 1 fully saturated rings. The maximum atomic E-state index is 14.6. The van der Waals surface area contributed by atoms with Crippen LogP contribution in [0.1, 0.15) is 27.5 Å². The molecule has 0 radical (unpaired) electrons. The van der Waals surface area contributed by atoms with Crippen LogP contribution in [0.5, 0.6) is 0 Å². The summed E-state index contributed by atoms with van der Waals surface area (Å²) in [6.45, 7) is 1.39. The Bertz CT molecular complexity index is 1700. The van der Waals surface area contributed by atoms with Crippen molar-refractivity contribution in [3.63, 3.8) is 0 Å². The SMILES string of the molecule is CN1CCN(c2cccc3c2CCN(C(=O)/C(N)=C/N(N)c2cccc(Cl)c2F)C3C(=O)Nc2ccc(C(=O)O)cc2)CC1=O. The van der Waals surface area contributed by atoms with Crippen LogP contribution in [0.3, 0.4) is 0 Å². The number of carboxylic acid groups (broad SMARTS) is 1. The highest BCUT2D eigenvalue weighted by molar-refractivity contribution is 6.31. The highest BCUT2D eigenvalue weighted by Crippen LogP contribution is 2.37. The summed E-state index contributed by atoms with van der Waals surface area (Å²) in [6, 6.07) is 14.0. The van der Waals surface area contributed by atoms with Crippen molar-refractivity contribution in [2.45, 2.75) is 12.5 Å². The zero-order chi connectivity index (χ0) is 32.4. The molecule has 3 amide bonds. The molecule has 6 N–H and O–H groups in total. The smallest absolute Gasteiger partial charge is 0.335 e. The number of nitrogens with two attached hydrogens (primary N) is 2. The number of hydrogen-bond acceptors (Lipinski definition) is 8. The predicted octanol–water partition coefficient (Wildman–Crippen LogP) is 2.70. The van der Waals surface area contributed by atoms with Crippen molar-refractivity contribution in [3.8, 4) is 0 Å². The average molecular weight is 636 g/mol. The number of hydrogen-bond donors (Lipinski definition) is 4. The Labute approximate surface area is 263 Å². The van der Waals surface area contributed by atoms with E-state index in [1.807, 2.05) is 11.0 Å². The lowest BCUT2D eigenvalue weighted by Crippen LogP contribution is -2.50. The normalized spacial score (nSPS) is 16.7. The zero-order valence-corrected chi connectivity index (χ0v) is 25.0. The zero-order valence-electron chi connectivity index (χ0n) is 24.2. The van der Waals surface area contributed by atoms with E-state index in [9.17, 15) is 28.7 Å². The molecule has 12 nitrogen and oxygen atoms in total. The van der Waals surface area contributed by atoms with Gasteiger partial charge in [0.15, 0.2) is 5.82 Å². The molecule has 234 valence electrons. The standard InChI is InChI=1S/C31H31ClFN7O5/c1-37-14-15-38(17-26(37)41)24-6-2-4-21-20(24)12-13-39(28(21)29(42)36-19-10-8-18(9-11-19)31(44)45)30(43)23(34)16-40(35)25-7-3-5-22(32)27(25)33/h2-11,16,28H,12-15,17,34-35H2,1H3,(H,36,42)(H,44,45)/b23-16-. The van der Waals surface area contributed by atoms with E-state index in [0.29, 0.717) is 30.8 Å². The fourth-order valence-electron chi connectivity index (χ4n) is 5.45. The average Bonchev–Trinajstić information content (AvgIpc) is 3.02. The van der Waals surface area contributed by atoms with Crippen LogP contribution in [0.4, 0.5) is 21.5 Å². The summed E-state index contributed by atoms with van der Waals surface area (Å²) < 4.78 is 14.6. The Morgan fingerprint density at radius 2 is 1.78 bits per heavy atom. The molecule has 3 aromatic rings. The van der Waals surface area contributed by atoms with E-state index >= 15 is 0 Å². The first-order valence-electron chi connectivity index (χ1n) is 14.0. The monoisotopic (exact) mass is 635 g/mol. The molecule has 5 rings (SSSR count). The number of piperazine rings is 1. The number of hydrazine groups is 1. The summed E-state index contributed by atoms with van der Waals surface area (Å²) in [7, 11) is 1.74. The summed E-state index contributed by atoms with van der Waals surface area (Å²) in [6.07, 6.45) is 1.41. The third kappa shape index (κ3) is 6.40. The second-order valence-electron chi connectivity index (χ2n) is 10.7. The van der Waals surface area contributed by atoms with E-state index in [1.54, 1.807) is 24.1 Å². The quantitative estimate of drug-likeness (QED) is 0.173. The van der Waals surface area contributed by atoms with Gasteiger partial charge in [-0.25, -0.2) is 15.0 Å². The molecule has 1 unspecified atom stereocenters. The molecule has 0 aromatic heterocycles. The van der Waals surface area contributed by atoms with Crippen LogP contribution in [0.2, 0.25) is 5.02 Å². The Kier molecular flexibility index (Phi) is 8.93. The van der Waals surface area contributed by atoms with Gasteiger partial charge in [0, 0.05) is 38.1 Å². The fourth-order valence-corrected chi connectivity index (χ4v) is 5.62. The highest BCUT2D eigenvalue weighted by Gasteiger charge is 2.39. The molecule has 2 heterocycles. The lowest BCUT2D eigenvalue weighted by molar-refractivity contribution is -0.136. The van der Waals surface area contributed by atoms with Crippen molar-refractivity contribution >= 4 is 52.4 Å². The third-order valence-corrected chi connectivity index (χ3v) is 8.13. The molecule has 3 aromatic carbocycles. The van der Waals surface area contributed by atoms with Crippen molar-refractivity contribution in [3.05, 3.63) is 100 Å². The minimum atomic E-state index is -1.16. The van der Waals surface area contributed by atoms with Gasteiger partial charge in [-0.3, -0.25) is 19.4 Å². The Morgan fingerprint density at radius 3 is 2.47 bits per heavy atom. The maximum absolute atomic E-state index is 14.6. The number of fused-ring (bicyclic) bond motifs is 1. The molecular formula is C31H31ClFN7O5. The minimum absolute atomic E-state index is 0.0362. The van der Waals surface area contributed by atoms with Crippen molar-refractivity contribution in [2.24, 2.45) is 11.6 Å². The number of nitrogens with one attached hydrogen (secondary N) is 1. The van der Waals surface area contributed by atoms with E-state index in [-0.39, 0.29) is 41.0 Å². The van der Waals surface area contributed by atoms with E-state index in [2.05, 4.69) is 5.32 Å². The second-order valence-corrected chi connectivity index (χ2v) is 11.1. The largest absolute Gasteiger partial charge is 0.478 e. The number of carboxylic acids is 1. The van der Waals surface area contributed by atoms with Gasteiger partial charge in [-0.05, 0) is 60.0 Å². The van der Waals surface area contributed by atoms with Crippen LogP contribution in [0.25, 0.3) is 0 Å². The van der Waals surface area contributed by atoms with Gasteiger partial charge in [0.25, 0.3) is 11.8 Å². The van der Waals surface area contributed by atoms with Crippen LogP contribution in [0, 0.1) is 5.82 Å². The highest BCUT2D eigenvalue weighted by atomic mass is 35.5. The van der Waals surface area contributed by atoms with Crippen molar-refractivity contribution < 1.29 is 28.7 Å². The molecule has 0 bridgehead atoms. The van der Waals surface area contributed by atoms with E-state index in [4.69, 9.17) is 23.2 Å². The van der Waals surface area contributed by atoms with Crippen LogP contribution < -0.4 is 26.8 Å². The van der Waals surface area contributed by atoms with Crippen LogP contribution in [-0.4, -0.2) is 71.8 Å². The molecule has 0 saturated carbocycles. The topological polar surface area (TPSA) is 166 Å². The van der Waals surface area contributed by atoms with Gasteiger partial charge in [-0.2, -0.15) is 0 Å². The number of anilines is 3. The Morgan fingerprint density at radius 1 is 1.07 bits per heavy atom. The summed E-state index contributed by atoms with van der Waals surface area (Å²) in [5.41, 5.74) is 8.21. The lowest BCUT2D eigenvalue weighted by atomic mass is 9.89. The lowest BCUT2D eigenvalue weighted by Gasteiger charge is -2.40. The van der Waals surface area contributed by atoms with Gasteiger partial charge in [0.05, 0.1) is 29.0 Å². The summed E-state index contributed by atoms with van der Waals surface area (Å²) in [5, 5.41) is 12.7.